The van der Waals surface area contributed by atoms with Crippen LogP contribution in [0, 0.1) is 0 Å². The summed E-state index contributed by atoms with van der Waals surface area (Å²) >= 11 is 6.13. The molecule has 0 spiro atoms. The summed E-state index contributed by atoms with van der Waals surface area (Å²) in [5.74, 6) is 0.840. The van der Waals surface area contributed by atoms with E-state index in [-0.39, 0.29) is 0 Å². The van der Waals surface area contributed by atoms with E-state index in [4.69, 9.17) is 22.1 Å². The third kappa shape index (κ3) is 2.78. The van der Waals surface area contributed by atoms with Crippen LogP contribution in [0.5, 0.6) is 5.75 Å². The molecule has 2 rings (SSSR count). The quantitative estimate of drug-likeness (QED) is 0.841. The van der Waals surface area contributed by atoms with Gasteiger partial charge < -0.3 is 10.5 Å². The lowest BCUT2D eigenvalue weighted by molar-refractivity contribution is 0.367. The fourth-order valence-electron chi connectivity index (χ4n) is 1.66. The van der Waals surface area contributed by atoms with Gasteiger partial charge in [0.15, 0.2) is 0 Å². The second kappa shape index (κ2) is 5.71. The molecule has 0 aliphatic heterocycles. The molecule has 0 fully saturated rings. The van der Waals surface area contributed by atoms with E-state index in [1.165, 1.54) is 0 Å². The van der Waals surface area contributed by atoms with Gasteiger partial charge in [-0.3, -0.25) is 0 Å². The Labute approximate surface area is 106 Å². The molecule has 88 valence electrons. The Bertz CT molecular complexity index is 537. The average Bonchev–Trinajstić information content (AvgIpc) is 2.37. The van der Waals surface area contributed by atoms with Crippen molar-refractivity contribution in [3.8, 4) is 5.75 Å². The van der Waals surface area contributed by atoms with Gasteiger partial charge >= 0.3 is 0 Å². The van der Waals surface area contributed by atoms with Gasteiger partial charge in [0.2, 0.25) is 0 Å². The molecule has 17 heavy (non-hydrogen) atoms. The third-order valence-corrected chi connectivity index (χ3v) is 2.80. The zero-order valence-corrected chi connectivity index (χ0v) is 10.2. The Hall–Kier alpha value is -1.51. The van der Waals surface area contributed by atoms with Gasteiger partial charge in [-0.05, 0) is 12.1 Å². The summed E-state index contributed by atoms with van der Waals surface area (Å²) in [6.07, 6.45) is 3.78. The molecule has 0 amide bonds. The van der Waals surface area contributed by atoms with E-state index in [0.29, 0.717) is 13.2 Å². The van der Waals surface area contributed by atoms with E-state index in [1.807, 2.05) is 48.6 Å². The Morgan fingerprint density at radius 3 is 2.59 bits per heavy atom. The van der Waals surface area contributed by atoms with Gasteiger partial charge in [0.05, 0.1) is 0 Å². The highest BCUT2D eigenvalue weighted by atomic mass is 35.5. The first-order valence-electron chi connectivity index (χ1n) is 5.48. The molecule has 2 aromatic carbocycles. The van der Waals surface area contributed by atoms with Gasteiger partial charge in [0.1, 0.15) is 12.4 Å². The van der Waals surface area contributed by atoms with E-state index in [1.54, 1.807) is 0 Å². The number of halogens is 1. The molecule has 0 radical (unpaired) electrons. The highest BCUT2D eigenvalue weighted by Gasteiger charge is 2.04. The van der Waals surface area contributed by atoms with Crippen LogP contribution in [0.4, 0.5) is 0 Å². The highest BCUT2D eigenvalue weighted by Crippen LogP contribution is 2.31. The van der Waals surface area contributed by atoms with Gasteiger partial charge in [0, 0.05) is 22.3 Å². The topological polar surface area (TPSA) is 35.2 Å². The van der Waals surface area contributed by atoms with E-state index >= 15 is 0 Å². The molecule has 0 bridgehead atoms. The summed E-state index contributed by atoms with van der Waals surface area (Å²) in [4.78, 5) is 0. The molecule has 0 atom stereocenters. The first kappa shape index (κ1) is 12.0. The van der Waals surface area contributed by atoms with Crippen molar-refractivity contribution in [3.63, 3.8) is 0 Å². The maximum atomic E-state index is 6.13. The minimum atomic E-state index is 0.517. The molecular weight excluding hydrogens is 234 g/mol. The zero-order valence-electron chi connectivity index (χ0n) is 9.40. The normalized spacial score (nSPS) is 11.2. The Morgan fingerprint density at radius 2 is 1.82 bits per heavy atom. The Morgan fingerprint density at radius 1 is 1.06 bits per heavy atom. The van der Waals surface area contributed by atoms with Crippen molar-refractivity contribution in [2.24, 2.45) is 5.73 Å². The van der Waals surface area contributed by atoms with Crippen LogP contribution in [0.1, 0.15) is 0 Å². The van der Waals surface area contributed by atoms with Gasteiger partial charge in [0.25, 0.3) is 0 Å². The van der Waals surface area contributed by atoms with Crippen molar-refractivity contribution in [1.29, 1.82) is 0 Å². The number of benzene rings is 2. The monoisotopic (exact) mass is 247 g/mol. The van der Waals surface area contributed by atoms with E-state index < -0.39 is 0 Å². The summed E-state index contributed by atoms with van der Waals surface area (Å²) in [6.45, 7) is 1.05. The minimum Gasteiger partial charge on any atom is -0.489 e. The number of nitrogens with two attached hydrogens (primary N) is 1. The summed E-state index contributed by atoms with van der Waals surface area (Å²) in [6, 6.07) is 11.7. The van der Waals surface area contributed by atoms with Gasteiger partial charge in [-0.1, -0.05) is 48.0 Å². The molecule has 0 saturated carbocycles. The standard InChI is InChI=1S/C14H14ClNO/c15-13-7-8-14(17-10-4-3-9-16)12-6-2-1-5-11(12)13/h1-8H,9-10,16H2. The number of rotatable bonds is 4. The van der Waals surface area contributed by atoms with Gasteiger partial charge in [-0.2, -0.15) is 0 Å². The second-order valence-corrected chi connectivity index (χ2v) is 4.02. The lowest BCUT2D eigenvalue weighted by Crippen LogP contribution is -1.97. The van der Waals surface area contributed by atoms with Crippen molar-refractivity contribution in [2.45, 2.75) is 0 Å². The zero-order chi connectivity index (χ0) is 12.1. The van der Waals surface area contributed by atoms with E-state index in [0.717, 1.165) is 21.5 Å². The SMILES string of the molecule is NCC=CCOc1ccc(Cl)c2ccccc12. The lowest BCUT2D eigenvalue weighted by atomic mass is 10.1. The number of hydrogen-bond donors (Lipinski definition) is 1. The smallest absolute Gasteiger partial charge is 0.127 e. The maximum absolute atomic E-state index is 6.13. The Kier molecular flexibility index (Phi) is 4.02. The predicted octanol–water partition coefficient (Wildman–Crippen LogP) is 3.39. The van der Waals surface area contributed by atoms with Gasteiger partial charge in [-0.15, -0.1) is 0 Å². The third-order valence-electron chi connectivity index (χ3n) is 2.47. The van der Waals surface area contributed by atoms with Crippen molar-refractivity contribution in [2.75, 3.05) is 13.2 Å². The average molecular weight is 248 g/mol. The molecule has 0 aromatic heterocycles. The minimum absolute atomic E-state index is 0.517. The summed E-state index contributed by atoms with van der Waals surface area (Å²) in [7, 11) is 0. The van der Waals surface area contributed by atoms with Crippen molar-refractivity contribution < 1.29 is 4.74 Å². The van der Waals surface area contributed by atoms with Crippen molar-refractivity contribution in [1.82, 2.24) is 0 Å². The van der Waals surface area contributed by atoms with Crippen LogP contribution < -0.4 is 10.5 Å². The first-order valence-corrected chi connectivity index (χ1v) is 5.86. The van der Waals surface area contributed by atoms with Crippen LogP contribution in [0.15, 0.2) is 48.6 Å². The summed E-state index contributed by atoms with van der Waals surface area (Å²) in [5.41, 5.74) is 5.36. The molecule has 0 unspecified atom stereocenters. The molecular formula is C14H14ClNO. The lowest BCUT2D eigenvalue weighted by Gasteiger charge is -2.08. The Balaban J connectivity index is 2.28. The maximum Gasteiger partial charge on any atom is 0.127 e. The van der Waals surface area contributed by atoms with Crippen molar-refractivity contribution >= 4 is 22.4 Å². The van der Waals surface area contributed by atoms with Gasteiger partial charge in [-0.25, -0.2) is 0 Å². The fourth-order valence-corrected chi connectivity index (χ4v) is 1.89. The van der Waals surface area contributed by atoms with E-state index in [9.17, 15) is 0 Å². The van der Waals surface area contributed by atoms with Crippen LogP contribution in [-0.4, -0.2) is 13.2 Å². The molecule has 0 aliphatic rings. The summed E-state index contributed by atoms with van der Waals surface area (Å²) < 4.78 is 5.68. The fraction of sp³-hybridized carbons (Fsp3) is 0.143. The van der Waals surface area contributed by atoms with Crippen molar-refractivity contribution in [3.05, 3.63) is 53.6 Å². The van der Waals surface area contributed by atoms with Crippen LogP contribution in [-0.2, 0) is 0 Å². The van der Waals surface area contributed by atoms with Crippen LogP contribution in [0.2, 0.25) is 5.02 Å². The van der Waals surface area contributed by atoms with Crippen LogP contribution in [0.25, 0.3) is 10.8 Å². The molecule has 0 aliphatic carbocycles. The van der Waals surface area contributed by atoms with E-state index in [2.05, 4.69) is 0 Å². The number of hydrogen-bond acceptors (Lipinski definition) is 2. The molecule has 2 N–H and O–H groups in total. The van der Waals surface area contributed by atoms with Crippen LogP contribution >= 0.6 is 11.6 Å². The second-order valence-electron chi connectivity index (χ2n) is 3.61. The number of ether oxygens (including phenoxy) is 1. The molecule has 0 saturated heterocycles. The number of fused-ring (bicyclic) bond motifs is 1. The van der Waals surface area contributed by atoms with Crippen LogP contribution in [0.3, 0.4) is 0 Å². The first-order chi connectivity index (χ1) is 8.33. The molecule has 2 nitrogen and oxygen atoms in total. The molecule has 3 heteroatoms. The summed E-state index contributed by atoms with van der Waals surface area (Å²) in [5, 5.41) is 2.78. The largest absolute Gasteiger partial charge is 0.489 e. The molecule has 0 heterocycles. The highest BCUT2D eigenvalue weighted by molar-refractivity contribution is 6.35. The molecule has 2 aromatic rings. The predicted molar refractivity (Wildman–Crippen MR) is 72.6 cm³/mol.